The van der Waals surface area contributed by atoms with E-state index in [9.17, 15) is 21.6 Å². The molecule has 0 amide bonds. The summed E-state index contributed by atoms with van der Waals surface area (Å²) in [6.07, 6.45) is -2.63. The van der Waals surface area contributed by atoms with Crippen LogP contribution < -0.4 is 5.32 Å². The van der Waals surface area contributed by atoms with Crippen LogP contribution >= 0.6 is 0 Å². The van der Waals surface area contributed by atoms with Crippen molar-refractivity contribution in [2.24, 2.45) is 7.05 Å². The molecule has 0 unspecified atom stereocenters. The van der Waals surface area contributed by atoms with Crippen molar-refractivity contribution < 1.29 is 21.6 Å². The SMILES string of the molecule is Cn1nccc1S(=O)(=O)N(CC(F)(F)F)C1CCNCC1. The van der Waals surface area contributed by atoms with Crippen molar-refractivity contribution in [1.29, 1.82) is 0 Å². The minimum Gasteiger partial charge on any atom is -0.317 e. The van der Waals surface area contributed by atoms with E-state index in [0.29, 0.717) is 30.2 Å². The molecule has 0 aromatic carbocycles. The van der Waals surface area contributed by atoms with Gasteiger partial charge in [-0.25, -0.2) is 8.42 Å². The van der Waals surface area contributed by atoms with Crippen LogP contribution in [0.25, 0.3) is 0 Å². The van der Waals surface area contributed by atoms with E-state index in [4.69, 9.17) is 0 Å². The first-order valence-electron chi connectivity index (χ1n) is 6.49. The van der Waals surface area contributed by atoms with Gasteiger partial charge in [0.1, 0.15) is 6.54 Å². The van der Waals surface area contributed by atoms with Crippen LogP contribution in [0.2, 0.25) is 0 Å². The molecule has 1 N–H and O–H groups in total. The van der Waals surface area contributed by atoms with Crippen molar-refractivity contribution >= 4 is 10.0 Å². The van der Waals surface area contributed by atoms with E-state index in [1.54, 1.807) is 0 Å². The summed E-state index contributed by atoms with van der Waals surface area (Å²) in [5.41, 5.74) is 0. The molecule has 0 saturated carbocycles. The predicted molar refractivity (Wildman–Crippen MR) is 69.0 cm³/mol. The molecule has 0 radical (unpaired) electrons. The minimum atomic E-state index is -4.59. The van der Waals surface area contributed by atoms with Gasteiger partial charge in [-0.05, 0) is 32.0 Å². The summed E-state index contributed by atoms with van der Waals surface area (Å²) in [5.74, 6) is 0. The van der Waals surface area contributed by atoms with Gasteiger partial charge in [0.25, 0.3) is 10.0 Å². The zero-order valence-electron chi connectivity index (χ0n) is 11.5. The zero-order chi connectivity index (χ0) is 15.7. The van der Waals surface area contributed by atoms with Crippen molar-refractivity contribution in [3.63, 3.8) is 0 Å². The molecule has 1 aromatic rings. The summed E-state index contributed by atoms with van der Waals surface area (Å²) >= 11 is 0. The molecule has 1 fully saturated rings. The molecular formula is C11H17F3N4O2S. The van der Waals surface area contributed by atoms with Gasteiger partial charge in [-0.2, -0.15) is 22.6 Å². The molecule has 1 aliphatic heterocycles. The Labute approximate surface area is 121 Å². The quantitative estimate of drug-likeness (QED) is 0.886. The van der Waals surface area contributed by atoms with E-state index in [0.717, 1.165) is 4.68 Å². The summed E-state index contributed by atoms with van der Waals surface area (Å²) in [4.78, 5) is 0. The summed E-state index contributed by atoms with van der Waals surface area (Å²) in [7, 11) is -2.85. The van der Waals surface area contributed by atoms with Crippen molar-refractivity contribution in [1.82, 2.24) is 19.4 Å². The van der Waals surface area contributed by atoms with Crippen molar-refractivity contribution in [3.05, 3.63) is 12.3 Å². The van der Waals surface area contributed by atoms with Crippen LogP contribution in [0.3, 0.4) is 0 Å². The molecule has 1 saturated heterocycles. The largest absolute Gasteiger partial charge is 0.402 e. The number of hydrogen-bond donors (Lipinski definition) is 1. The third kappa shape index (κ3) is 3.74. The standard InChI is InChI=1S/C11H17F3N4O2S/c1-17-10(4-7-16-17)21(19,20)18(8-11(12,13)14)9-2-5-15-6-3-9/h4,7,9,15H,2-3,5-6,8H2,1H3. The number of rotatable bonds is 4. The normalized spacial score (nSPS) is 18.3. The molecule has 1 aliphatic rings. The maximum Gasteiger partial charge on any atom is 0.402 e. The van der Waals surface area contributed by atoms with Crippen molar-refractivity contribution in [2.75, 3.05) is 19.6 Å². The third-order valence-corrected chi connectivity index (χ3v) is 5.37. The zero-order valence-corrected chi connectivity index (χ0v) is 12.3. The highest BCUT2D eigenvalue weighted by Crippen LogP contribution is 2.27. The Bertz CT molecular complexity index is 579. The number of piperidine rings is 1. The highest BCUT2D eigenvalue weighted by atomic mass is 32.2. The Balaban J connectivity index is 2.36. The number of nitrogens with one attached hydrogen (secondary N) is 1. The molecule has 0 aliphatic carbocycles. The van der Waals surface area contributed by atoms with Crippen LogP contribution in [0, 0.1) is 0 Å². The van der Waals surface area contributed by atoms with Gasteiger partial charge in [-0.15, -0.1) is 0 Å². The summed E-state index contributed by atoms with van der Waals surface area (Å²) in [6, 6.07) is 0.549. The van der Waals surface area contributed by atoms with Gasteiger partial charge in [-0.1, -0.05) is 0 Å². The first kappa shape index (κ1) is 16.2. The van der Waals surface area contributed by atoms with E-state index in [2.05, 4.69) is 10.4 Å². The fourth-order valence-electron chi connectivity index (χ4n) is 2.42. The van der Waals surface area contributed by atoms with Crippen LogP contribution in [0.1, 0.15) is 12.8 Å². The average molecular weight is 326 g/mol. The molecule has 0 bridgehead atoms. The summed E-state index contributed by atoms with van der Waals surface area (Å²) in [5, 5.41) is 6.50. The fourth-order valence-corrected chi connectivity index (χ4v) is 4.19. The lowest BCUT2D eigenvalue weighted by molar-refractivity contribution is -0.140. The lowest BCUT2D eigenvalue weighted by atomic mass is 10.1. The van der Waals surface area contributed by atoms with Crippen LogP contribution in [-0.4, -0.2) is 54.4 Å². The second kappa shape index (κ2) is 5.93. The number of hydrogen-bond acceptors (Lipinski definition) is 4. The number of aromatic nitrogens is 2. The van der Waals surface area contributed by atoms with Gasteiger partial charge in [0.05, 0.1) is 6.20 Å². The maximum atomic E-state index is 12.8. The highest BCUT2D eigenvalue weighted by molar-refractivity contribution is 7.89. The molecule has 2 heterocycles. The predicted octanol–water partition coefficient (Wildman–Crippen LogP) is 0.725. The maximum absolute atomic E-state index is 12.8. The number of nitrogens with zero attached hydrogens (tertiary/aromatic N) is 3. The van der Waals surface area contributed by atoms with E-state index in [-0.39, 0.29) is 5.03 Å². The van der Waals surface area contributed by atoms with E-state index in [1.165, 1.54) is 19.3 Å². The van der Waals surface area contributed by atoms with Crippen LogP contribution in [0.4, 0.5) is 13.2 Å². The summed E-state index contributed by atoms with van der Waals surface area (Å²) in [6.45, 7) is -0.481. The third-order valence-electron chi connectivity index (χ3n) is 3.40. The molecule has 21 heavy (non-hydrogen) atoms. The topological polar surface area (TPSA) is 67.2 Å². The van der Waals surface area contributed by atoms with Gasteiger partial charge < -0.3 is 5.32 Å². The smallest absolute Gasteiger partial charge is 0.317 e. The van der Waals surface area contributed by atoms with E-state index >= 15 is 0 Å². The van der Waals surface area contributed by atoms with E-state index in [1.807, 2.05) is 0 Å². The number of aryl methyl sites for hydroxylation is 1. The molecule has 10 heteroatoms. The highest BCUT2D eigenvalue weighted by Gasteiger charge is 2.42. The molecule has 2 rings (SSSR count). The fraction of sp³-hybridized carbons (Fsp3) is 0.727. The molecule has 0 spiro atoms. The molecule has 1 aromatic heterocycles. The molecule has 6 nitrogen and oxygen atoms in total. The number of halogens is 3. The molecule has 120 valence electrons. The Morgan fingerprint density at radius 2 is 2.05 bits per heavy atom. The van der Waals surface area contributed by atoms with Gasteiger partial charge in [0.2, 0.25) is 0 Å². The Hall–Kier alpha value is -1.13. The molecule has 0 atom stereocenters. The van der Waals surface area contributed by atoms with Gasteiger partial charge in [-0.3, -0.25) is 4.68 Å². The molecular weight excluding hydrogens is 309 g/mol. The number of alkyl halides is 3. The Morgan fingerprint density at radius 3 is 2.52 bits per heavy atom. The Morgan fingerprint density at radius 1 is 1.43 bits per heavy atom. The second-order valence-electron chi connectivity index (χ2n) is 4.94. The minimum absolute atomic E-state index is 0.231. The van der Waals surface area contributed by atoms with Crippen LogP contribution in [0.5, 0.6) is 0 Å². The monoisotopic (exact) mass is 326 g/mol. The first-order valence-corrected chi connectivity index (χ1v) is 7.93. The van der Waals surface area contributed by atoms with E-state index < -0.39 is 28.8 Å². The van der Waals surface area contributed by atoms with Gasteiger partial charge in [0.15, 0.2) is 5.03 Å². The van der Waals surface area contributed by atoms with Gasteiger partial charge >= 0.3 is 6.18 Å². The first-order chi connectivity index (χ1) is 9.72. The number of sulfonamides is 1. The van der Waals surface area contributed by atoms with Crippen molar-refractivity contribution in [2.45, 2.75) is 30.1 Å². The lowest BCUT2D eigenvalue weighted by Gasteiger charge is -2.33. The van der Waals surface area contributed by atoms with Crippen molar-refractivity contribution in [3.8, 4) is 0 Å². The lowest BCUT2D eigenvalue weighted by Crippen LogP contribution is -2.49. The second-order valence-corrected chi connectivity index (χ2v) is 6.78. The summed E-state index contributed by atoms with van der Waals surface area (Å²) < 4.78 is 65.1. The van der Waals surface area contributed by atoms with Crippen LogP contribution in [-0.2, 0) is 17.1 Å². The Kier molecular flexibility index (Phi) is 4.59. The van der Waals surface area contributed by atoms with Gasteiger partial charge in [0, 0.05) is 13.1 Å². The average Bonchev–Trinajstić information content (AvgIpc) is 2.83. The van der Waals surface area contributed by atoms with Crippen LogP contribution in [0.15, 0.2) is 17.3 Å².